The second-order valence-corrected chi connectivity index (χ2v) is 8.04. The molecule has 3 heteroatoms. The third kappa shape index (κ3) is 4.61. The lowest BCUT2D eigenvalue weighted by Crippen LogP contribution is -2.20. The molecular formula is C26H28O3. The van der Waals surface area contributed by atoms with Gasteiger partial charge >= 0.3 is 5.63 Å². The molecule has 0 atom stereocenters. The summed E-state index contributed by atoms with van der Waals surface area (Å²) in [6.07, 6.45) is 7.23. The molecule has 0 spiro atoms. The fourth-order valence-corrected chi connectivity index (χ4v) is 4.45. The van der Waals surface area contributed by atoms with Crippen LogP contribution in [0.2, 0.25) is 0 Å². The van der Waals surface area contributed by atoms with Gasteiger partial charge in [-0.25, -0.2) is 4.79 Å². The molecule has 0 saturated heterocycles. The van der Waals surface area contributed by atoms with E-state index in [1.807, 2.05) is 36.4 Å². The van der Waals surface area contributed by atoms with Crippen LogP contribution in [0.1, 0.15) is 59.6 Å². The summed E-state index contributed by atoms with van der Waals surface area (Å²) < 4.78 is 5.79. The van der Waals surface area contributed by atoms with E-state index in [0.717, 1.165) is 55.2 Å². The number of hydrogen-bond acceptors (Lipinski definition) is 3. The monoisotopic (exact) mass is 388 g/mol. The van der Waals surface area contributed by atoms with Gasteiger partial charge in [0, 0.05) is 17.9 Å². The van der Waals surface area contributed by atoms with Crippen LogP contribution in [0.25, 0.3) is 0 Å². The number of fused-ring (bicyclic) bond motifs is 1. The highest BCUT2D eigenvalue weighted by molar-refractivity contribution is 5.44. The van der Waals surface area contributed by atoms with Crippen molar-refractivity contribution < 1.29 is 9.52 Å². The number of hydrogen-bond donors (Lipinski definition) is 1. The Hall–Kier alpha value is -2.81. The van der Waals surface area contributed by atoms with Crippen LogP contribution in [-0.4, -0.2) is 5.11 Å². The van der Waals surface area contributed by atoms with Crippen molar-refractivity contribution in [2.45, 2.75) is 57.3 Å². The summed E-state index contributed by atoms with van der Waals surface area (Å²) in [6.45, 7) is 0. The van der Waals surface area contributed by atoms with Gasteiger partial charge < -0.3 is 9.52 Å². The van der Waals surface area contributed by atoms with Gasteiger partial charge in [-0.3, -0.25) is 0 Å². The van der Waals surface area contributed by atoms with Crippen molar-refractivity contribution >= 4 is 0 Å². The predicted octanol–water partition coefficient (Wildman–Crippen LogP) is 5.57. The second-order valence-electron chi connectivity index (χ2n) is 8.04. The van der Waals surface area contributed by atoms with Gasteiger partial charge in [-0.15, -0.1) is 0 Å². The summed E-state index contributed by atoms with van der Waals surface area (Å²) >= 11 is 0. The maximum absolute atomic E-state index is 13.0. The van der Waals surface area contributed by atoms with Gasteiger partial charge in [-0.2, -0.15) is 0 Å². The standard InChI is InChI=1S/C26H28O3/c27-25-22-15-9-1-2-10-16-23(22)29-26(28)24(25)21(17-19-11-5-3-6-12-19)18-20-13-7-4-8-14-20/h3-8,11-14,21,27H,1-2,9-10,15-18H2. The van der Waals surface area contributed by atoms with E-state index in [9.17, 15) is 9.90 Å². The Bertz CT molecular complexity index is 948. The van der Waals surface area contributed by atoms with E-state index in [2.05, 4.69) is 24.3 Å². The zero-order chi connectivity index (χ0) is 20.1. The Morgan fingerprint density at radius 1 is 0.793 bits per heavy atom. The lowest BCUT2D eigenvalue weighted by atomic mass is 9.85. The molecule has 1 aliphatic carbocycles. The molecule has 0 aliphatic heterocycles. The van der Waals surface area contributed by atoms with E-state index in [1.165, 1.54) is 0 Å². The van der Waals surface area contributed by atoms with Crippen LogP contribution in [0.4, 0.5) is 0 Å². The Morgan fingerprint density at radius 3 is 1.93 bits per heavy atom. The van der Waals surface area contributed by atoms with Crippen LogP contribution in [0, 0.1) is 0 Å². The molecule has 0 amide bonds. The lowest BCUT2D eigenvalue weighted by molar-refractivity contribution is 0.380. The molecule has 4 rings (SSSR count). The van der Waals surface area contributed by atoms with Crippen LogP contribution in [0.5, 0.6) is 5.75 Å². The molecule has 0 saturated carbocycles. The van der Waals surface area contributed by atoms with Gasteiger partial charge in [-0.05, 0) is 43.2 Å². The topological polar surface area (TPSA) is 50.4 Å². The molecule has 1 aliphatic rings. The fourth-order valence-electron chi connectivity index (χ4n) is 4.45. The number of benzene rings is 2. The number of aromatic hydroxyl groups is 1. The van der Waals surface area contributed by atoms with E-state index >= 15 is 0 Å². The van der Waals surface area contributed by atoms with Crippen LogP contribution < -0.4 is 5.63 Å². The molecular weight excluding hydrogens is 360 g/mol. The van der Waals surface area contributed by atoms with Crippen molar-refractivity contribution in [2.24, 2.45) is 0 Å². The SMILES string of the molecule is O=c1oc2c(c(O)c1C(Cc1ccccc1)Cc1ccccc1)CCCCCC2. The average Bonchev–Trinajstić information content (AvgIpc) is 2.71. The number of rotatable bonds is 5. The van der Waals surface area contributed by atoms with Gasteiger partial charge in [0.15, 0.2) is 0 Å². The Morgan fingerprint density at radius 2 is 1.34 bits per heavy atom. The molecule has 1 aromatic heterocycles. The van der Waals surface area contributed by atoms with Gasteiger partial charge in [0.2, 0.25) is 0 Å². The van der Waals surface area contributed by atoms with Crippen molar-refractivity contribution in [3.8, 4) is 5.75 Å². The third-order valence-corrected chi connectivity index (χ3v) is 5.95. The van der Waals surface area contributed by atoms with Crippen molar-refractivity contribution in [2.75, 3.05) is 0 Å². The van der Waals surface area contributed by atoms with Crippen LogP contribution in [0.15, 0.2) is 69.9 Å². The Balaban J connectivity index is 1.76. The molecule has 3 aromatic rings. The van der Waals surface area contributed by atoms with Crippen molar-refractivity contribution in [1.29, 1.82) is 0 Å². The Kier molecular flexibility index (Phi) is 6.14. The van der Waals surface area contributed by atoms with Crippen molar-refractivity contribution in [3.05, 3.63) is 99.1 Å². The molecule has 0 fully saturated rings. The number of aryl methyl sites for hydroxylation is 1. The molecule has 0 radical (unpaired) electrons. The first-order valence-corrected chi connectivity index (χ1v) is 10.7. The largest absolute Gasteiger partial charge is 0.507 e. The highest BCUT2D eigenvalue weighted by atomic mass is 16.4. The Labute approximate surface area is 172 Å². The minimum Gasteiger partial charge on any atom is -0.507 e. The quantitative estimate of drug-likeness (QED) is 0.621. The van der Waals surface area contributed by atoms with Crippen molar-refractivity contribution in [1.82, 2.24) is 0 Å². The summed E-state index contributed by atoms with van der Waals surface area (Å²) in [5.74, 6) is 0.732. The first-order chi connectivity index (χ1) is 14.2. The fraction of sp³-hybridized carbons (Fsp3) is 0.346. The molecule has 1 N–H and O–H groups in total. The minimum atomic E-state index is -0.376. The molecule has 29 heavy (non-hydrogen) atoms. The van der Waals surface area contributed by atoms with E-state index in [1.54, 1.807) is 0 Å². The maximum atomic E-state index is 13.0. The summed E-state index contributed by atoms with van der Waals surface area (Å²) in [5.41, 5.74) is 3.22. The summed E-state index contributed by atoms with van der Waals surface area (Å²) in [5, 5.41) is 11.2. The molecule has 1 heterocycles. The van der Waals surface area contributed by atoms with Crippen LogP contribution in [0.3, 0.4) is 0 Å². The third-order valence-electron chi connectivity index (χ3n) is 5.95. The van der Waals surface area contributed by atoms with Crippen LogP contribution in [-0.2, 0) is 25.7 Å². The molecule has 0 bridgehead atoms. The van der Waals surface area contributed by atoms with Crippen molar-refractivity contribution in [3.63, 3.8) is 0 Å². The van der Waals surface area contributed by atoms with E-state index in [4.69, 9.17) is 4.42 Å². The molecule has 150 valence electrons. The van der Waals surface area contributed by atoms with E-state index in [0.29, 0.717) is 24.2 Å². The van der Waals surface area contributed by atoms with E-state index < -0.39 is 0 Å². The van der Waals surface area contributed by atoms with E-state index in [-0.39, 0.29) is 17.3 Å². The average molecular weight is 389 g/mol. The van der Waals surface area contributed by atoms with Gasteiger partial charge in [0.1, 0.15) is 11.5 Å². The second kappa shape index (κ2) is 9.13. The van der Waals surface area contributed by atoms with Crippen LogP contribution >= 0.6 is 0 Å². The van der Waals surface area contributed by atoms with Gasteiger partial charge in [-0.1, -0.05) is 73.5 Å². The summed E-state index contributed by atoms with van der Waals surface area (Å²) in [4.78, 5) is 13.0. The normalized spacial score (nSPS) is 14.2. The van der Waals surface area contributed by atoms with Gasteiger partial charge in [0.25, 0.3) is 0 Å². The molecule has 0 unspecified atom stereocenters. The zero-order valence-corrected chi connectivity index (χ0v) is 16.8. The first kappa shape index (κ1) is 19.5. The summed E-state index contributed by atoms with van der Waals surface area (Å²) in [6, 6.07) is 20.3. The zero-order valence-electron chi connectivity index (χ0n) is 16.8. The lowest BCUT2D eigenvalue weighted by Gasteiger charge is -2.21. The molecule has 3 nitrogen and oxygen atoms in total. The highest BCUT2D eigenvalue weighted by Gasteiger charge is 2.26. The summed E-state index contributed by atoms with van der Waals surface area (Å²) in [7, 11) is 0. The highest BCUT2D eigenvalue weighted by Crippen LogP contribution is 2.35. The molecule has 2 aromatic carbocycles. The first-order valence-electron chi connectivity index (χ1n) is 10.7. The smallest absolute Gasteiger partial charge is 0.343 e. The predicted molar refractivity (Wildman–Crippen MR) is 116 cm³/mol. The minimum absolute atomic E-state index is 0.133. The van der Waals surface area contributed by atoms with Gasteiger partial charge in [0.05, 0.1) is 5.56 Å². The maximum Gasteiger partial charge on any atom is 0.343 e.